The second-order valence-electron chi connectivity index (χ2n) is 10.3. The van der Waals surface area contributed by atoms with Crippen LogP contribution in [0.4, 0.5) is 4.79 Å². The van der Waals surface area contributed by atoms with Crippen LogP contribution < -0.4 is 0 Å². The zero-order valence-corrected chi connectivity index (χ0v) is 25.8. The predicted molar refractivity (Wildman–Crippen MR) is 168 cm³/mol. The molecule has 0 saturated heterocycles. The lowest BCUT2D eigenvalue weighted by Crippen LogP contribution is -2.14. The fourth-order valence-corrected chi connectivity index (χ4v) is 5.68. The van der Waals surface area contributed by atoms with Crippen LogP contribution in [0.2, 0.25) is 0 Å². The number of benzene rings is 3. The second kappa shape index (κ2) is 14.6. The Kier molecular flexibility index (Phi) is 10.4. The van der Waals surface area contributed by atoms with E-state index in [1.165, 1.54) is 16.7 Å². The molecular weight excluding hydrogens is 582 g/mol. The summed E-state index contributed by atoms with van der Waals surface area (Å²) in [5.74, 6) is 0.804. The van der Waals surface area contributed by atoms with Crippen molar-refractivity contribution in [2.45, 2.75) is 38.1 Å². The van der Waals surface area contributed by atoms with Gasteiger partial charge in [-0.3, -0.25) is 8.75 Å². The summed E-state index contributed by atoms with van der Waals surface area (Å²) in [6.45, 7) is 6.05. The summed E-state index contributed by atoms with van der Waals surface area (Å²) in [4.78, 5) is 17.6. The number of rotatable bonds is 15. The number of hydrogen-bond donors (Lipinski definition) is 0. The first-order valence-corrected chi connectivity index (χ1v) is 16.1. The Morgan fingerprint density at radius 3 is 2.39 bits per heavy atom. The Bertz CT molecular complexity index is 1810. The lowest BCUT2D eigenvalue weighted by molar-refractivity contribution is 0.0350. The van der Waals surface area contributed by atoms with E-state index in [4.69, 9.17) is 23.4 Å². The number of fused-ring (bicyclic) bond motifs is 2. The maximum absolute atomic E-state index is 12.5. The number of para-hydroxylation sites is 2. The van der Waals surface area contributed by atoms with Crippen LogP contribution in [0.1, 0.15) is 25.3 Å². The highest BCUT2D eigenvalue weighted by molar-refractivity contribution is 7.86. The Labute approximate surface area is 257 Å². The number of imidazole rings is 1. The van der Waals surface area contributed by atoms with E-state index in [0.717, 1.165) is 51.7 Å². The molecule has 2 aromatic heterocycles. The summed E-state index contributed by atoms with van der Waals surface area (Å²) in [7, 11) is -3.81. The van der Waals surface area contributed by atoms with Crippen molar-refractivity contribution in [2.75, 3.05) is 39.6 Å². The van der Waals surface area contributed by atoms with E-state index >= 15 is 0 Å². The van der Waals surface area contributed by atoms with Crippen LogP contribution in [0.25, 0.3) is 33.3 Å². The zero-order valence-electron chi connectivity index (χ0n) is 25.0. The van der Waals surface area contributed by atoms with Crippen LogP contribution in [-0.2, 0) is 35.1 Å². The highest BCUT2D eigenvalue weighted by atomic mass is 32.2. The molecule has 0 amide bonds. The van der Waals surface area contributed by atoms with Crippen LogP contribution in [-0.4, -0.2) is 68.3 Å². The van der Waals surface area contributed by atoms with Crippen molar-refractivity contribution in [3.8, 4) is 11.4 Å². The van der Waals surface area contributed by atoms with E-state index in [1.807, 2.05) is 55.5 Å². The summed E-state index contributed by atoms with van der Waals surface area (Å²) in [6.07, 6.45) is 3.14. The SMILES string of the molecule is CCCCOC(=O)n1ccc2cc(-c3nc4ccccc4n3CCOCCOCCOS(=O)(=O)c3ccc(C)cc3)ccc21. The van der Waals surface area contributed by atoms with Gasteiger partial charge in [0.2, 0.25) is 0 Å². The van der Waals surface area contributed by atoms with Gasteiger partial charge < -0.3 is 18.8 Å². The van der Waals surface area contributed by atoms with Crippen molar-refractivity contribution in [3.63, 3.8) is 0 Å². The molecule has 0 fully saturated rings. The van der Waals surface area contributed by atoms with Crippen LogP contribution in [0.3, 0.4) is 0 Å². The van der Waals surface area contributed by atoms with E-state index in [2.05, 4.69) is 11.5 Å². The number of carbonyl (C=O) groups excluding carboxylic acids is 1. The van der Waals surface area contributed by atoms with Crippen LogP contribution >= 0.6 is 0 Å². The van der Waals surface area contributed by atoms with Gasteiger partial charge in [-0.15, -0.1) is 0 Å². The van der Waals surface area contributed by atoms with Crippen LogP contribution in [0, 0.1) is 6.92 Å². The Balaban J connectivity index is 1.14. The van der Waals surface area contributed by atoms with Gasteiger partial charge in [0, 0.05) is 23.7 Å². The fourth-order valence-electron chi connectivity index (χ4n) is 4.79. The molecule has 0 N–H and O–H groups in total. The molecule has 0 aliphatic heterocycles. The second-order valence-corrected chi connectivity index (χ2v) is 11.9. The summed E-state index contributed by atoms with van der Waals surface area (Å²) in [6, 6.07) is 22.3. The molecule has 0 aliphatic carbocycles. The first kappa shape index (κ1) is 31.4. The van der Waals surface area contributed by atoms with E-state index in [0.29, 0.717) is 33.0 Å². The van der Waals surface area contributed by atoms with Crippen LogP contribution in [0.5, 0.6) is 0 Å². The quantitative estimate of drug-likeness (QED) is 0.101. The average Bonchev–Trinajstić information content (AvgIpc) is 3.62. The number of aryl methyl sites for hydroxylation is 1. The molecule has 0 radical (unpaired) electrons. The molecule has 0 saturated carbocycles. The topological polar surface area (TPSA) is 111 Å². The molecule has 0 aliphatic rings. The minimum absolute atomic E-state index is 0.0750. The average molecular weight is 620 g/mol. The minimum atomic E-state index is -3.81. The first-order valence-electron chi connectivity index (χ1n) is 14.7. The zero-order chi connectivity index (χ0) is 30.9. The largest absolute Gasteiger partial charge is 0.449 e. The highest BCUT2D eigenvalue weighted by Crippen LogP contribution is 2.28. The Morgan fingerprint density at radius 1 is 0.841 bits per heavy atom. The number of unbranched alkanes of at least 4 members (excludes halogenated alkanes) is 1. The molecule has 5 aromatic rings. The molecule has 0 bridgehead atoms. The minimum Gasteiger partial charge on any atom is -0.449 e. The molecule has 44 heavy (non-hydrogen) atoms. The van der Waals surface area contributed by atoms with Crippen molar-refractivity contribution in [3.05, 3.63) is 84.6 Å². The summed E-state index contributed by atoms with van der Waals surface area (Å²) in [5.41, 5.74) is 4.55. The molecule has 0 atom stereocenters. The monoisotopic (exact) mass is 619 g/mol. The van der Waals surface area contributed by atoms with Crippen molar-refractivity contribution < 1.29 is 31.6 Å². The number of hydrogen-bond acceptors (Lipinski definition) is 8. The first-order chi connectivity index (χ1) is 21.4. The number of aromatic nitrogens is 3. The molecule has 11 heteroatoms. The van der Waals surface area contributed by atoms with Crippen molar-refractivity contribution >= 4 is 38.1 Å². The molecule has 232 valence electrons. The molecule has 0 spiro atoms. The van der Waals surface area contributed by atoms with Gasteiger partial charge in [0.1, 0.15) is 5.82 Å². The van der Waals surface area contributed by atoms with Gasteiger partial charge in [0.15, 0.2) is 0 Å². The van der Waals surface area contributed by atoms with Gasteiger partial charge in [-0.05, 0) is 61.9 Å². The smallest absolute Gasteiger partial charge is 0.418 e. The van der Waals surface area contributed by atoms with E-state index in [9.17, 15) is 13.2 Å². The maximum atomic E-state index is 12.5. The third-order valence-electron chi connectivity index (χ3n) is 7.13. The molecule has 10 nitrogen and oxygen atoms in total. The van der Waals surface area contributed by atoms with Gasteiger partial charge in [0.05, 0.1) is 61.1 Å². The lowest BCUT2D eigenvalue weighted by atomic mass is 10.1. The molecule has 0 unspecified atom stereocenters. The van der Waals surface area contributed by atoms with Gasteiger partial charge >= 0.3 is 6.09 Å². The van der Waals surface area contributed by atoms with Crippen molar-refractivity contribution in [2.24, 2.45) is 0 Å². The number of ether oxygens (including phenoxy) is 3. The standard InChI is InChI=1S/C33H37N3O7S/c1-3-4-18-42-33(37)36-16-15-26-24-27(11-14-30(26)36)32-34-29-7-5-6-8-31(29)35(32)17-19-40-20-21-41-22-23-43-44(38,39)28-12-9-25(2)10-13-28/h5-16,24H,3-4,17-23H2,1-2H3. The number of nitrogens with zero attached hydrogens (tertiary/aromatic N) is 3. The third kappa shape index (κ3) is 7.54. The molecule has 5 rings (SSSR count). The summed E-state index contributed by atoms with van der Waals surface area (Å²) >= 11 is 0. The summed E-state index contributed by atoms with van der Waals surface area (Å²) in [5, 5.41) is 0.914. The Hall–Kier alpha value is -4.03. The van der Waals surface area contributed by atoms with E-state index in [-0.39, 0.29) is 24.2 Å². The van der Waals surface area contributed by atoms with E-state index in [1.54, 1.807) is 18.3 Å². The molecular formula is C33H37N3O7S. The lowest BCUT2D eigenvalue weighted by Gasteiger charge is -2.11. The Morgan fingerprint density at radius 2 is 1.59 bits per heavy atom. The molecule has 2 heterocycles. The van der Waals surface area contributed by atoms with Crippen molar-refractivity contribution in [1.82, 2.24) is 14.1 Å². The number of carbonyl (C=O) groups is 1. The van der Waals surface area contributed by atoms with Gasteiger partial charge in [-0.25, -0.2) is 9.78 Å². The van der Waals surface area contributed by atoms with Crippen LogP contribution in [0.15, 0.2) is 83.9 Å². The van der Waals surface area contributed by atoms with Gasteiger partial charge in [0.25, 0.3) is 10.1 Å². The van der Waals surface area contributed by atoms with Gasteiger partial charge in [-0.1, -0.05) is 43.2 Å². The fraction of sp³-hybridized carbons (Fsp3) is 0.333. The predicted octanol–water partition coefficient (Wildman–Crippen LogP) is 6.19. The maximum Gasteiger partial charge on any atom is 0.418 e. The summed E-state index contributed by atoms with van der Waals surface area (Å²) < 4.78 is 50.0. The normalized spacial score (nSPS) is 11.9. The van der Waals surface area contributed by atoms with Crippen molar-refractivity contribution in [1.29, 1.82) is 0 Å². The third-order valence-corrected chi connectivity index (χ3v) is 8.46. The molecule has 3 aromatic carbocycles. The van der Waals surface area contributed by atoms with E-state index < -0.39 is 10.1 Å². The highest BCUT2D eigenvalue weighted by Gasteiger charge is 2.16. The van der Waals surface area contributed by atoms with Gasteiger partial charge in [-0.2, -0.15) is 8.42 Å².